The predicted molar refractivity (Wildman–Crippen MR) is 64.4 cm³/mol. The van der Waals surface area contributed by atoms with Gasteiger partial charge in [-0.1, -0.05) is 18.2 Å². The van der Waals surface area contributed by atoms with Gasteiger partial charge in [-0.2, -0.15) is 5.10 Å². The molecule has 0 atom stereocenters. The molecule has 0 saturated carbocycles. The second-order valence-electron chi connectivity index (χ2n) is 3.76. The van der Waals surface area contributed by atoms with Crippen LogP contribution in [0, 0.1) is 0 Å². The van der Waals surface area contributed by atoms with Gasteiger partial charge in [0.1, 0.15) is 0 Å². The third-order valence-electron chi connectivity index (χ3n) is 2.04. The Morgan fingerprint density at radius 3 is 3.00 bits per heavy atom. The molecule has 0 saturated heterocycles. The van der Waals surface area contributed by atoms with Crippen LogP contribution >= 0.6 is 0 Å². The molecule has 0 aliphatic rings. The number of hydrogen-bond donors (Lipinski definition) is 1. The monoisotopic (exact) mass is 205 g/mol. The maximum Gasteiger partial charge on any atom is 0.0538 e. The van der Waals surface area contributed by atoms with Crippen LogP contribution in [0.5, 0.6) is 0 Å². The summed E-state index contributed by atoms with van der Waals surface area (Å²) in [6.07, 6.45) is 8.83. The summed E-state index contributed by atoms with van der Waals surface area (Å²) in [5, 5.41) is 7.47. The van der Waals surface area contributed by atoms with Gasteiger partial charge in [-0.05, 0) is 26.8 Å². The van der Waals surface area contributed by atoms with E-state index < -0.39 is 0 Å². The van der Waals surface area contributed by atoms with Crippen LogP contribution in [0.15, 0.2) is 30.6 Å². The first kappa shape index (κ1) is 11.7. The van der Waals surface area contributed by atoms with Crippen LogP contribution < -0.4 is 5.32 Å². The first-order valence-corrected chi connectivity index (χ1v) is 5.22. The van der Waals surface area contributed by atoms with Crippen molar-refractivity contribution in [1.29, 1.82) is 0 Å². The zero-order valence-electron chi connectivity index (χ0n) is 9.53. The smallest absolute Gasteiger partial charge is 0.0538 e. The minimum atomic E-state index is 0.866. The van der Waals surface area contributed by atoms with Crippen LogP contribution in [0.3, 0.4) is 0 Å². The molecule has 3 heteroatoms. The molecule has 0 fully saturated rings. The Kier molecular flexibility index (Phi) is 4.84. The second-order valence-corrected chi connectivity index (χ2v) is 3.76. The topological polar surface area (TPSA) is 29.9 Å². The molecule has 3 nitrogen and oxygen atoms in total. The minimum absolute atomic E-state index is 0.866. The molecule has 0 amide bonds. The lowest BCUT2D eigenvalue weighted by Gasteiger charge is -1.99. The molecule has 0 bridgehead atoms. The van der Waals surface area contributed by atoms with Gasteiger partial charge >= 0.3 is 0 Å². The van der Waals surface area contributed by atoms with Crippen LogP contribution in [-0.2, 0) is 6.54 Å². The summed E-state index contributed by atoms with van der Waals surface area (Å²) in [5.74, 6) is 0. The predicted octanol–water partition coefficient (Wildman–Crippen LogP) is 2.43. The molecular formula is C12H19N3. The maximum absolute atomic E-state index is 4.11. The Bertz CT molecular complexity index is 332. The van der Waals surface area contributed by atoms with E-state index in [0.717, 1.165) is 19.5 Å². The van der Waals surface area contributed by atoms with Gasteiger partial charge in [0.2, 0.25) is 0 Å². The van der Waals surface area contributed by atoms with Crippen molar-refractivity contribution in [2.75, 3.05) is 6.54 Å². The standard InChI is InChI=1S/C12H19N3/c1-4-15-10-12(9-14-15)8-13-7-5-6-11(2)3/h4,6,9-10,13H,1,5,7-8H2,2-3H3. The van der Waals surface area contributed by atoms with Crippen molar-refractivity contribution in [2.45, 2.75) is 26.8 Å². The highest BCUT2D eigenvalue weighted by atomic mass is 15.2. The van der Waals surface area contributed by atoms with Crippen LogP contribution in [0.25, 0.3) is 6.20 Å². The second kappa shape index (κ2) is 6.19. The molecular weight excluding hydrogens is 186 g/mol. The lowest BCUT2D eigenvalue weighted by Crippen LogP contribution is -2.13. The van der Waals surface area contributed by atoms with Gasteiger partial charge in [0, 0.05) is 24.5 Å². The van der Waals surface area contributed by atoms with E-state index in [0.29, 0.717) is 0 Å². The fraction of sp³-hybridized carbons (Fsp3) is 0.417. The number of allylic oxidation sites excluding steroid dienone is 1. The highest BCUT2D eigenvalue weighted by molar-refractivity contribution is 5.17. The molecule has 82 valence electrons. The number of nitrogens with zero attached hydrogens (tertiary/aromatic N) is 2. The molecule has 0 unspecified atom stereocenters. The van der Waals surface area contributed by atoms with E-state index in [9.17, 15) is 0 Å². The Labute approximate surface area is 91.5 Å². The normalized spacial score (nSPS) is 10.0. The molecule has 0 spiro atoms. The van der Waals surface area contributed by atoms with Crippen molar-refractivity contribution in [2.24, 2.45) is 0 Å². The van der Waals surface area contributed by atoms with Gasteiger partial charge in [-0.3, -0.25) is 0 Å². The number of aromatic nitrogens is 2. The van der Waals surface area contributed by atoms with Gasteiger partial charge in [-0.15, -0.1) is 0 Å². The van der Waals surface area contributed by atoms with Gasteiger partial charge in [-0.25, -0.2) is 4.68 Å². The molecule has 0 aliphatic heterocycles. The SMILES string of the molecule is C=Cn1cc(CNCCC=C(C)C)cn1. The first-order chi connectivity index (χ1) is 7.22. The molecule has 1 aromatic rings. The van der Waals surface area contributed by atoms with E-state index in [-0.39, 0.29) is 0 Å². The molecule has 0 aromatic carbocycles. The van der Waals surface area contributed by atoms with Crippen LogP contribution in [0.2, 0.25) is 0 Å². The quantitative estimate of drug-likeness (QED) is 0.571. The van der Waals surface area contributed by atoms with E-state index in [1.54, 1.807) is 10.9 Å². The van der Waals surface area contributed by atoms with Gasteiger partial charge in [0.25, 0.3) is 0 Å². The summed E-state index contributed by atoms with van der Waals surface area (Å²) >= 11 is 0. The summed E-state index contributed by atoms with van der Waals surface area (Å²) in [4.78, 5) is 0. The molecule has 1 aromatic heterocycles. The number of nitrogens with one attached hydrogen (secondary N) is 1. The lowest BCUT2D eigenvalue weighted by atomic mass is 10.2. The molecule has 1 rings (SSSR count). The van der Waals surface area contributed by atoms with Gasteiger partial charge in [0.05, 0.1) is 6.20 Å². The zero-order valence-corrected chi connectivity index (χ0v) is 9.53. The van der Waals surface area contributed by atoms with Crippen LogP contribution in [0.1, 0.15) is 25.8 Å². The number of hydrogen-bond acceptors (Lipinski definition) is 2. The van der Waals surface area contributed by atoms with E-state index in [1.165, 1.54) is 11.1 Å². The van der Waals surface area contributed by atoms with Crippen molar-refractivity contribution in [3.63, 3.8) is 0 Å². The average molecular weight is 205 g/mol. The van der Waals surface area contributed by atoms with E-state index in [1.807, 2.05) is 12.4 Å². The molecule has 1 N–H and O–H groups in total. The highest BCUT2D eigenvalue weighted by Crippen LogP contribution is 1.97. The van der Waals surface area contributed by atoms with Gasteiger partial charge < -0.3 is 5.32 Å². The summed E-state index contributed by atoms with van der Waals surface area (Å²) < 4.78 is 1.72. The Balaban J connectivity index is 2.20. The molecule has 1 heterocycles. The maximum atomic E-state index is 4.11. The Hall–Kier alpha value is -1.35. The molecule has 15 heavy (non-hydrogen) atoms. The Morgan fingerprint density at radius 2 is 2.40 bits per heavy atom. The van der Waals surface area contributed by atoms with E-state index in [4.69, 9.17) is 0 Å². The van der Waals surface area contributed by atoms with Crippen molar-refractivity contribution in [3.8, 4) is 0 Å². The van der Waals surface area contributed by atoms with Crippen LogP contribution in [-0.4, -0.2) is 16.3 Å². The fourth-order valence-corrected chi connectivity index (χ4v) is 1.26. The summed E-state index contributed by atoms with van der Waals surface area (Å²) in [6, 6.07) is 0. The third-order valence-corrected chi connectivity index (χ3v) is 2.04. The highest BCUT2D eigenvalue weighted by Gasteiger charge is 1.94. The summed E-state index contributed by atoms with van der Waals surface area (Å²) in [6.45, 7) is 9.75. The van der Waals surface area contributed by atoms with Crippen molar-refractivity contribution in [3.05, 3.63) is 36.2 Å². The van der Waals surface area contributed by atoms with Crippen molar-refractivity contribution in [1.82, 2.24) is 15.1 Å². The van der Waals surface area contributed by atoms with E-state index in [2.05, 4.69) is 36.9 Å². The third kappa shape index (κ3) is 4.61. The number of rotatable bonds is 6. The first-order valence-electron chi connectivity index (χ1n) is 5.22. The largest absolute Gasteiger partial charge is 0.312 e. The minimum Gasteiger partial charge on any atom is -0.312 e. The summed E-state index contributed by atoms with van der Waals surface area (Å²) in [5.41, 5.74) is 2.56. The van der Waals surface area contributed by atoms with Crippen LogP contribution in [0.4, 0.5) is 0 Å². The van der Waals surface area contributed by atoms with Gasteiger partial charge in [0.15, 0.2) is 0 Å². The van der Waals surface area contributed by atoms with Crippen molar-refractivity contribution >= 4 is 6.20 Å². The zero-order chi connectivity index (χ0) is 11.1. The Morgan fingerprint density at radius 1 is 1.60 bits per heavy atom. The van der Waals surface area contributed by atoms with E-state index >= 15 is 0 Å². The van der Waals surface area contributed by atoms with Crippen molar-refractivity contribution < 1.29 is 0 Å². The summed E-state index contributed by atoms with van der Waals surface area (Å²) in [7, 11) is 0. The average Bonchev–Trinajstić information content (AvgIpc) is 2.65. The fourth-order valence-electron chi connectivity index (χ4n) is 1.26. The molecule has 0 aliphatic carbocycles. The lowest BCUT2D eigenvalue weighted by molar-refractivity contribution is 0.694. The molecule has 0 radical (unpaired) electrons.